The van der Waals surface area contributed by atoms with Crippen molar-refractivity contribution in [2.45, 2.75) is 6.92 Å². The van der Waals surface area contributed by atoms with Crippen molar-refractivity contribution in [2.75, 3.05) is 20.3 Å². The normalized spacial score (nSPS) is 9.91. The van der Waals surface area contributed by atoms with E-state index >= 15 is 0 Å². The van der Waals surface area contributed by atoms with Crippen LogP contribution in [0.15, 0.2) is 36.4 Å². The molecule has 0 bridgehead atoms. The molecule has 4 nitrogen and oxygen atoms in total. The Morgan fingerprint density at radius 2 is 1.82 bits per heavy atom. The highest BCUT2D eigenvalue weighted by Gasteiger charge is 2.12. The van der Waals surface area contributed by atoms with Crippen molar-refractivity contribution >= 4 is 11.6 Å². The Labute approximate surface area is 134 Å². The van der Waals surface area contributed by atoms with E-state index in [1.165, 1.54) is 7.11 Å². The third-order valence-electron chi connectivity index (χ3n) is 3.04. The molecule has 0 radical (unpaired) electrons. The Bertz CT molecular complexity index is 695. The van der Waals surface area contributed by atoms with Gasteiger partial charge >= 0.3 is 0 Å². The lowest BCUT2D eigenvalue weighted by molar-refractivity contribution is 0.210. The molecule has 0 spiro atoms. The fourth-order valence-electron chi connectivity index (χ4n) is 1.94. The van der Waals surface area contributed by atoms with Crippen molar-refractivity contribution in [2.24, 2.45) is 0 Å². The zero-order valence-corrected chi connectivity index (χ0v) is 13.2. The zero-order chi connectivity index (χ0) is 15.9. The first kappa shape index (κ1) is 16.0. The fraction of sp³-hybridized carbons (Fsp3) is 0.235. The van der Waals surface area contributed by atoms with E-state index in [2.05, 4.69) is 0 Å². The second-order valence-electron chi connectivity index (χ2n) is 4.56. The van der Waals surface area contributed by atoms with Crippen molar-refractivity contribution in [1.82, 2.24) is 0 Å². The van der Waals surface area contributed by atoms with Gasteiger partial charge in [-0.1, -0.05) is 29.8 Å². The molecule has 0 aliphatic carbocycles. The molecule has 0 N–H and O–H groups in total. The van der Waals surface area contributed by atoms with Crippen LogP contribution in [0.25, 0.3) is 0 Å². The number of nitriles is 1. The van der Waals surface area contributed by atoms with E-state index < -0.39 is 0 Å². The van der Waals surface area contributed by atoms with Crippen molar-refractivity contribution in [3.8, 4) is 23.3 Å². The number of methoxy groups -OCH3 is 1. The van der Waals surface area contributed by atoms with E-state index in [9.17, 15) is 0 Å². The Morgan fingerprint density at radius 3 is 2.50 bits per heavy atom. The van der Waals surface area contributed by atoms with E-state index in [0.29, 0.717) is 35.3 Å². The van der Waals surface area contributed by atoms with Gasteiger partial charge in [-0.05, 0) is 24.6 Å². The zero-order valence-electron chi connectivity index (χ0n) is 12.4. The van der Waals surface area contributed by atoms with E-state index in [1.807, 2.05) is 37.3 Å². The van der Waals surface area contributed by atoms with Crippen molar-refractivity contribution in [3.63, 3.8) is 0 Å². The monoisotopic (exact) mass is 317 g/mol. The first-order chi connectivity index (χ1) is 10.7. The van der Waals surface area contributed by atoms with Gasteiger partial charge < -0.3 is 14.2 Å². The summed E-state index contributed by atoms with van der Waals surface area (Å²) in [4.78, 5) is 0. The summed E-state index contributed by atoms with van der Waals surface area (Å²) in [5.74, 6) is 1.67. The summed E-state index contributed by atoms with van der Waals surface area (Å²) in [5.41, 5.74) is 1.49. The average Bonchev–Trinajstić information content (AvgIpc) is 2.53. The van der Waals surface area contributed by atoms with E-state index in [1.54, 1.807) is 12.1 Å². The minimum absolute atomic E-state index is 0.316. The second-order valence-corrected chi connectivity index (χ2v) is 4.97. The molecule has 2 aromatic rings. The number of nitrogens with zero attached hydrogens (tertiary/aromatic N) is 1. The summed E-state index contributed by atoms with van der Waals surface area (Å²) >= 11 is 6.12. The lowest BCUT2D eigenvalue weighted by atomic mass is 10.2. The van der Waals surface area contributed by atoms with Gasteiger partial charge in [0.1, 0.15) is 19.0 Å². The standard InChI is InChI=1S/C17H16ClNO3/c1-12-5-3-4-6-15(12)21-7-8-22-17-14(18)9-13(11-19)10-16(17)20-2/h3-6,9-10H,7-8H2,1-2H3. The number of rotatable bonds is 6. The Kier molecular flexibility index (Phi) is 5.51. The molecule has 0 saturated carbocycles. The molecule has 0 saturated heterocycles. The molecule has 0 aliphatic heterocycles. The third kappa shape index (κ3) is 3.84. The van der Waals surface area contributed by atoms with Crippen LogP contribution in [0.5, 0.6) is 17.2 Å². The summed E-state index contributed by atoms with van der Waals surface area (Å²) in [6, 6.07) is 12.9. The van der Waals surface area contributed by atoms with Crippen LogP contribution < -0.4 is 14.2 Å². The predicted molar refractivity (Wildman–Crippen MR) is 84.9 cm³/mol. The average molecular weight is 318 g/mol. The number of benzene rings is 2. The number of para-hydroxylation sites is 1. The van der Waals surface area contributed by atoms with Gasteiger partial charge in [0, 0.05) is 6.07 Å². The Balaban J connectivity index is 1.98. The summed E-state index contributed by atoms with van der Waals surface area (Å²) in [6.45, 7) is 2.68. The lowest BCUT2D eigenvalue weighted by Crippen LogP contribution is -2.10. The van der Waals surface area contributed by atoms with Gasteiger partial charge in [0.25, 0.3) is 0 Å². The van der Waals surface area contributed by atoms with Crippen LogP contribution in [0.3, 0.4) is 0 Å². The first-order valence-electron chi connectivity index (χ1n) is 6.74. The molecule has 0 aliphatic rings. The molecule has 114 valence electrons. The van der Waals surface area contributed by atoms with Crippen LogP contribution in [0.1, 0.15) is 11.1 Å². The largest absolute Gasteiger partial charge is 0.493 e. The van der Waals surface area contributed by atoms with Crippen LogP contribution in [0.2, 0.25) is 5.02 Å². The van der Waals surface area contributed by atoms with Crippen molar-refractivity contribution in [3.05, 3.63) is 52.5 Å². The van der Waals surface area contributed by atoms with Crippen molar-refractivity contribution < 1.29 is 14.2 Å². The number of hydrogen-bond donors (Lipinski definition) is 0. The van der Waals surface area contributed by atoms with Crippen LogP contribution in [-0.2, 0) is 0 Å². The molecule has 0 heterocycles. The minimum atomic E-state index is 0.316. The molecule has 0 amide bonds. The molecular weight excluding hydrogens is 302 g/mol. The minimum Gasteiger partial charge on any atom is -0.493 e. The molecule has 0 fully saturated rings. The molecule has 5 heteroatoms. The quantitative estimate of drug-likeness (QED) is 0.756. The summed E-state index contributed by atoms with van der Waals surface area (Å²) < 4.78 is 16.5. The number of hydrogen-bond acceptors (Lipinski definition) is 4. The van der Waals surface area contributed by atoms with E-state index in [4.69, 9.17) is 31.1 Å². The summed E-state index contributed by atoms with van der Waals surface area (Å²) in [6.07, 6.45) is 0. The first-order valence-corrected chi connectivity index (χ1v) is 7.12. The number of halogens is 1. The van der Waals surface area contributed by atoms with Gasteiger partial charge in [-0.2, -0.15) is 5.26 Å². The molecule has 0 aromatic heterocycles. The molecular formula is C17H16ClNO3. The molecule has 2 rings (SSSR count). The molecule has 0 atom stereocenters. The number of ether oxygens (including phenoxy) is 3. The van der Waals surface area contributed by atoms with Gasteiger partial charge in [0.15, 0.2) is 11.5 Å². The van der Waals surface area contributed by atoms with Gasteiger partial charge in [-0.15, -0.1) is 0 Å². The molecule has 22 heavy (non-hydrogen) atoms. The highest BCUT2D eigenvalue weighted by molar-refractivity contribution is 6.32. The van der Waals surface area contributed by atoms with E-state index in [0.717, 1.165) is 11.3 Å². The van der Waals surface area contributed by atoms with Crippen LogP contribution in [0, 0.1) is 18.3 Å². The fourth-order valence-corrected chi connectivity index (χ4v) is 2.20. The van der Waals surface area contributed by atoms with Gasteiger partial charge in [-0.25, -0.2) is 0 Å². The SMILES string of the molecule is COc1cc(C#N)cc(Cl)c1OCCOc1ccccc1C. The second kappa shape index (κ2) is 7.58. The van der Waals surface area contributed by atoms with Crippen LogP contribution in [-0.4, -0.2) is 20.3 Å². The van der Waals surface area contributed by atoms with E-state index in [-0.39, 0.29) is 0 Å². The van der Waals surface area contributed by atoms with Crippen LogP contribution in [0.4, 0.5) is 0 Å². The highest BCUT2D eigenvalue weighted by Crippen LogP contribution is 2.36. The summed E-state index contributed by atoms with van der Waals surface area (Å²) in [7, 11) is 1.50. The van der Waals surface area contributed by atoms with Crippen molar-refractivity contribution in [1.29, 1.82) is 5.26 Å². The Hall–Kier alpha value is -2.38. The van der Waals surface area contributed by atoms with Crippen LogP contribution >= 0.6 is 11.6 Å². The Morgan fingerprint density at radius 1 is 1.09 bits per heavy atom. The smallest absolute Gasteiger partial charge is 0.179 e. The maximum atomic E-state index is 8.91. The third-order valence-corrected chi connectivity index (χ3v) is 3.32. The maximum absolute atomic E-state index is 8.91. The maximum Gasteiger partial charge on any atom is 0.179 e. The predicted octanol–water partition coefficient (Wildman–Crippen LogP) is 3.99. The van der Waals surface area contributed by atoms with Gasteiger partial charge in [0.2, 0.25) is 0 Å². The lowest BCUT2D eigenvalue weighted by Gasteiger charge is -2.13. The van der Waals surface area contributed by atoms with Gasteiger partial charge in [0.05, 0.1) is 23.8 Å². The topological polar surface area (TPSA) is 51.5 Å². The number of aryl methyl sites for hydroxylation is 1. The summed E-state index contributed by atoms with van der Waals surface area (Å²) in [5, 5.41) is 9.25. The molecule has 2 aromatic carbocycles. The van der Waals surface area contributed by atoms with Gasteiger partial charge in [-0.3, -0.25) is 0 Å². The molecule has 0 unspecified atom stereocenters. The highest BCUT2D eigenvalue weighted by atomic mass is 35.5.